The van der Waals surface area contributed by atoms with E-state index in [4.69, 9.17) is 4.74 Å². The highest BCUT2D eigenvalue weighted by atomic mass is 79.9. The molecule has 48 valence electrons. The number of hydrogen-bond donors (Lipinski definition) is 0. The molecular weight excluding hydrogens is 170 g/mol. The third kappa shape index (κ3) is 1.44. The minimum Gasteiger partial charge on any atom is -0.378 e. The molecule has 0 aromatic heterocycles. The normalized spacial score (nSPS) is 33.0. The first kappa shape index (κ1) is 6.52. The van der Waals surface area contributed by atoms with Crippen LogP contribution in [0.15, 0.2) is 0 Å². The molecule has 1 atom stereocenters. The van der Waals surface area contributed by atoms with Crippen LogP contribution in [0.1, 0.15) is 0 Å². The molecule has 0 amide bonds. The minimum atomic E-state index is 0.427. The first-order valence-corrected chi connectivity index (χ1v) is 3.64. The van der Waals surface area contributed by atoms with Crippen molar-refractivity contribution in [2.24, 2.45) is 0 Å². The first-order chi connectivity index (χ1) is 3.80. The van der Waals surface area contributed by atoms with E-state index < -0.39 is 0 Å². The van der Waals surface area contributed by atoms with Gasteiger partial charge in [-0.2, -0.15) is 0 Å². The van der Waals surface area contributed by atoms with E-state index in [2.05, 4.69) is 27.9 Å². The van der Waals surface area contributed by atoms with Crippen LogP contribution < -0.4 is 0 Å². The summed E-state index contributed by atoms with van der Waals surface area (Å²) in [6.45, 7) is 2.73. The predicted octanol–water partition coefficient (Wildman–Crippen LogP) is 0.669. The molecule has 0 bridgehead atoms. The Hall–Kier alpha value is 0.400. The van der Waals surface area contributed by atoms with Crippen molar-refractivity contribution in [1.82, 2.24) is 4.90 Å². The Morgan fingerprint density at radius 1 is 1.75 bits per heavy atom. The van der Waals surface area contributed by atoms with Gasteiger partial charge in [0, 0.05) is 6.54 Å². The van der Waals surface area contributed by atoms with Crippen LogP contribution >= 0.6 is 15.9 Å². The van der Waals surface area contributed by atoms with Gasteiger partial charge in [-0.3, -0.25) is 4.90 Å². The number of nitrogens with zero attached hydrogens (tertiary/aromatic N) is 1. The third-order valence-corrected chi connectivity index (χ3v) is 2.29. The lowest BCUT2D eigenvalue weighted by Gasteiger charge is -2.27. The SMILES string of the molecule is CN1CCOCC1Br. The van der Waals surface area contributed by atoms with Gasteiger partial charge >= 0.3 is 0 Å². The molecule has 0 aromatic rings. The standard InChI is InChI=1S/C5H10BrNO/c1-7-2-3-8-4-5(7)6/h5H,2-4H2,1H3. The molecule has 1 unspecified atom stereocenters. The lowest BCUT2D eigenvalue weighted by Crippen LogP contribution is -2.38. The molecule has 1 fully saturated rings. The summed E-state index contributed by atoms with van der Waals surface area (Å²) in [6.07, 6.45) is 0. The molecule has 0 aromatic carbocycles. The molecule has 1 saturated heterocycles. The van der Waals surface area contributed by atoms with Crippen LogP contribution in [0.2, 0.25) is 0 Å². The van der Waals surface area contributed by atoms with Crippen LogP contribution in [0.3, 0.4) is 0 Å². The number of hydrogen-bond acceptors (Lipinski definition) is 2. The molecule has 2 nitrogen and oxygen atoms in total. The zero-order valence-corrected chi connectivity index (χ0v) is 6.52. The summed E-state index contributed by atoms with van der Waals surface area (Å²) in [5, 5.41) is 0. The van der Waals surface area contributed by atoms with E-state index in [1.54, 1.807) is 0 Å². The summed E-state index contributed by atoms with van der Waals surface area (Å²) in [7, 11) is 2.09. The second-order valence-corrected chi connectivity index (χ2v) is 3.05. The topological polar surface area (TPSA) is 12.5 Å². The Balaban J connectivity index is 2.28. The van der Waals surface area contributed by atoms with Gasteiger partial charge < -0.3 is 4.74 Å². The fraction of sp³-hybridized carbons (Fsp3) is 1.00. The average molecular weight is 180 g/mol. The number of rotatable bonds is 0. The maximum Gasteiger partial charge on any atom is 0.0890 e. The summed E-state index contributed by atoms with van der Waals surface area (Å²) >= 11 is 3.45. The van der Waals surface area contributed by atoms with Crippen molar-refractivity contribution in [2.75, 3.05) is 26.8 Å². The van der Waals surface area contributed by atoms with Gasteiger partial charge in [-0.1, -0.05) is 15.9 Å². The second-order valence-electron chi connectivity index (χ2n) is 1.99. The number of ether oxygens (including phenoxy) is 1. The molecule has 0 saturated carbocycles. The number of halogens is 1. The third-order valence-electron chi connectivity index (χ3n) is 1.32. The Morgan fingerprint density at radius 2 is 2.50 bits per heavy atom. The second kappa shape index (κ2) is 2.80. The van der Waals surface area contributed by atoms with Gasteiger partial charge in [0.15, 0.2) is 0 Å². The predicted molar refractivity (Wildman–Crippen MR) is 36.2 cm³/mol. The largest absolute Gasteiger partial charge is 0.378 e. The Bertz CT molecular complexity index is 68.8. The Kier molecular flexibility index (Phi) is 2.28. The molecule has 1 heterocycles. The van der Waals surface area contributed by atoms with Gasteiger partial charge in [0.2, 0.25) is 0 Å². The van der Waals surface area contributed by atoms with Crippen molar-refractivity contribution in [3.63, 3.8) is 0 Å². The van der Waals surface area contributed by atoms with Crippen molar-refractivity contribution in [1.29, 1.82) is 0 Å². The van der Waals surface area contributed by atoms with Gasteiger partial charge in [-0.05, 0) is 7.05 Å². The lowest BCUT2D eigenvalue weighted by atomic mass is 10.5. The van der Waals surface area contributed by atoms with Gasteiger partial charge in [-0.15, -0.1) is 0 Å². The highest BCUT2D eigenvalue weighted by molar-refractivity contribution is 9.09. The molecule has 0 aliphatic carbocycles. The van der Waals surface area contributed by atoms with Crippen LogP contribution in [0.25, 0.3) is 0 Å². The average Bonchev–Trinajstić information content (AvgIpc) is 1.77. The Morgan fingerprint density at radius 3 is 2.88 bits per heavy atom. The maximum atomic E-state index is 5.16. The number of morpholine rings is 1. The van der Waals surface area contributed by atoms with E-state index in [0.29, 0.717) is 4.95 Å². The van der Waals surface area contributed by atoms with E-state index in [1.807, 2.05) is 0 Å². The van der Waals surface area contributed by atoms with Crippen LogP contribution in [0.5, 0.6) is 0 Å². The fourth-order valence-corrected chi connectivity index (χ4v) is 1.05. The summed E-state index contributed by atoms with van der Waals surface area (Å²) < 4.78 is 5.16. The smallest absolute Gasteiger partial charge is 0.0890 e. The van der Waals surface area contributed by atoms with Crippen LogP contribution in [0.4, 0.5) is 0 Å². The summed E-state index contributed by atoms with van der Waals surface area (Å²) in [4.78, 5) is 2.65. The van der Waals surface area contributed by atoms with E-state index in [-0.39, 0.29) is 0 Å². The van der Waals surface area contributed by atoms with Crippen LogP contribution in [-0.2, 0) is 4.74 Å². The van der Waals surface area contributed by atoms with Gasteiger partial charge in [0.1, 0.15) is 0 Å². The quantitative estimate of drug-likeness (QED) is 0.401. The summed E-state index contributed by atoms with van der Waals surface area (Å²) in [6, 6.07) is 0. The molecule has 0 spiro atoms. The molecule has 1 aliphatic rings. The van der Waals surface area contributed by atoms with Crippen molar-refractivity contribution in [2.45, 2.75) is 4.95 Å². The fourth-order valence-electron chi connectivity index (χ4n) is 0.656. The van der Waals surface area contributed by atoms with Crippen LogP contribution in [0, 0.1) is 0 Å². The maximum absolute atomic E-state index is 5.16. The van der Waals surface area contributed by atoms with Crippen molar-refractivity contribution in [3.8, 4) is 0 Å². The van der Waals surface area contributed by atoms with Crippen molar-refractivity contribution < 1.29 is 4.74 Å². The lowest BCUT2D eigenvalue weighted by molar-refractivity contribution is 0.0400. The van der Waals surface area contributed by atoms with Gasteiger partial charge in [0.05, 0.1) is 18.2 Å². The molecule has 1 aliphatic heterocycles. The monoisotopic (exact) mass is 179 g/mol. The minimum absolute atomic E-state index is 0.427. The highest BCUT2D eigenvalue weighted by Crippen LogP contribution is 2.08. The van der Waals surface area contributed by atoms with Crippen molar-refractivity contribution in [3.05, 3.63) is 0 Å². The van der Waals surface area contributed by atoms with E-state index >= 15 is 0 Å². The van der Waals surface area contributed by atoms with E-state index in [0.717, 1.165) is 19.8 Å². The van der Waals surface area contributed by atoms with Crippen LogP contribution in [-0.4, -0.2) is 36.7 Å². The molecule has 8 heavy (non-hydrogen) atoms. The molecule has 0 N–H and O–H groups in total. The van der Waals surface area contributed by atoms with Gasteiger partial charge in [0.25, 0.3) is 0 Å². The molecule has 0 radical (unpaired) electrons. The highest BCUT2D eigenvalue weighted by Gasteiger charge is 2.14. The molecular formula is C5H10BrNO. The van der Waals surface area contributed by atoms with Gasteiger partial charge in [-0.25, -0.2) is 0 Å². The molecule has 1 rings (SSSR count). The number of likely N-dealkylation sites (N-methyl/N-ethyl adjacent to an activating group) is 1. The summed E-state index contributed by atoms with van der Waals surface area (Å²) in [5.74, 6) is 0. The van der Waals surface area contributed by atoms with E-state index in [9.17, 15) is 0 Å². The number of alkyl halides is 1. The zero-order valence-electron chi connectivity index (χ0n) is 4.93. The summed E-state index contributed by atoms with van der Waals surface area (Å²) in [5.41, 5.74) is 0. The first-order valence-electron chi connectivity index (χ1n) is 2.73. The van der Waals surface area contributed by atoms with E-state index in [1.165, 1.54) is 0 Å². The zero-order chi connectivity index (χ0) is 5.98. The Labute approximate surface area is 57.9 Å². The van der Waals surface area contributed by atoms with Crippen molar-refractivity contribution >= 4 is 15.9 Å². The molecule has 3 heteroatoms.